The first-order valence-corrected chi connectivity index (χ1v) is 6.87. The van der Waals surface area contributed by atoms with E-state index in [4.69, 9.17) is 10.5 Å². The third-order valence-corrected chi connectivity index (χ3v) is 3.40. The normalized spacial score (nSPS) is 20.3. The van der Waals surface area contributed by atoms with Gasteiger partial charge < -0.3 is 10.5 Å². The highest BCUT2D eigenvalue weighted by atomic mass is 16.5. The Morgan fingerprint density at radius 3 is 2.89 bits per heavy atom. The summed E-state index contributed by atoms with van der Waals surface area (Å²) >= 11 is 0. The van der Waals surface area contributed by atoms with Crippen LogP contribution in [0.15, 0.2) is 6.20 Å². The predicted octanol–water partition coefficient (Wildman–Crippen LogP) is 2.17. The van der Waals surface area contributed by atoms with Gasteiger partial charge in [0.2, 0.25) is 0 Å². The fourth-order valence-electron chi connectivity index (χ4n) is 2.39. The van der Waals surface area contributed by atoms with Gasteiger partial charge in [-0.05, 0) is 25.2 Å². The molecule has 1 aliphatic rings. The molecule has 1 aromatic rings. The number of aromatic nitrogens is 2. The zero-order valence-electron chi connectivity index (χ0n) is 11.4. The van der Waals surface area contributed by atoms with E-state index in [0.717, 1.165) is 36.5 Å². The van der Waals surface area contributed by atoms with Crippen LogP contribution in [0.25, 0.3) is 0 Å². The van der Waals surface area contributed by atoms with Crippen LogP contribution in [0.5, 0.6) is 0 Å². The van der Waals surface area contributed by atoms with Gasteiger partial charge in [0.1, 0.15) is 5.82 Å². The van der Waals surface area contributed by atoms with Crippen molar-refractivity contribution in [3.8, 4) is 0 Å². The molecule has 0 radical (unpaired) electrons. The molecule has 0 amide bonds. The van der Waals surface area contributed by atoms with Gasteiger partial charge in [-0.15, -0.1) is 0 Å². The summed E-state index contributed by atoms with van der Waals surface area (Å²) in [5, 5.41) is 0. The zero-order valence-corrected chi connectivity index (χ0v) is 11.4. The maximum Gasteiger partial charge on any atom is 0.131 e. The second kappa shape index (κ2) is 6.25. The fraction of sp³-hybridized carbons (Fsp3) is 0.714. The summed E-state index contributed by atoms with van der Waals surface area (Å²) < 4.78 is 5.73. The lowest BCUT2D eigenvalue weighted by Gasteiger charge is -2.22. The van der Waals surface area contributed by atoms with Gasteiger partial charge in [0.25, 0.3) is 0 Å². The predicted molar refractivity (Wildman–Crippen MR) is 71.3 cm³/mol. The van der Waals surface area contributed by atoms with E-state index in [1.165, 1.54) is 12.8 Å². The lowest BCUT2D eigenvalue weighted by atomic mass is 10.0. The summed E-state index contributed by atoms with van der Waals surface area (Å²) in [7, 11) is 0. The third-order valence-electron chi connectivity index (χ3n) is 3.40. The van der Waals surface area contributed by atoms with Crippen molar-refractivity contribution in [3.63, 3.8) is 0 Å². The van der Waals surface area contributed by atoms with Gasteiger partial charge >= 0.3 is 0 Å². The summed E-state index contributed by atoms with van der Waals surface area (Å²) in [5.74, 6) is 1.28. The number of nitrogens with two attached hydrogens (primary N) is 1. The van der Waals surface area contributed by atoms with Gasteiger partial charge in [-0.2, -0.15) is 0 Å². The first-order chi connectivity index (χ1) is 8.70. The van der Waals surface area contributed by atoms with Crippen molar-refractivity contribution in [2.75, 3.05) is 6.61 Å². The molecule has 1 aromatic heterocycles. The molecule has 4 heteroatoms. The maximum absolute atomic E-state index is 5.73. The molecule has 2 heterocycles. The molecule has 100 valence electrons. The Morgan fingerprint density at radius 1 is 1.44 bits per heavy atom. The highest BCUT2D eigenvalue weighted by molar-refractivity contribution is 5.20. The average molecular weight is 249 g/mol. The Labute approximate surface area is 109 Å². The SMILES string of the molecule is CC(C)c1nc(CC2CCCCO2)ncc1CN. The Kier molecular flexibility index (Phi) is 4.66. The van der Waals surface area contributed by atoms with E-state index in [0.29, 0.717) is 18.6 Å². The Balaban J connectivity index is 2.10. The van der Waals surface area contributed by atoms with Crippen molar-refractivity contribution in [3.05, 3.63) is 23.3 Å². The van der Waals surface area contributed by atoms with Crippen LogP contribution in [0.1, 0.15) is 56.1 Å². The molecule has 2 rings (SSSR count). The largest absolute Gasteiger partial charge is 0.378 e. The van der Waals surface area contributed by atoms with Crippen LogP contribution in [0.4, 0.5) is 0 Å². The number of rotatable bonds is 4. The van der Waals surface area contributed by atoms with Crippen molar-refractivity contribution in [1.82, 2.24) is 9.97 Å². The number of nitrogens with zero attached hydrogens (tertiary/aromatic N) is 2. The first kappa shape index (κ1) is 13.4. The maximum atomic E-state index is 5.73. The second-order valence-electron chi connectivity index (χ2n) is 5.25. The van der Waals surface area contributed by atoms with E-state index in [1.807, 2.05) is 6.20 Å². The molecule has 1 atom stereocenters. The Hall–Kier alpha value is -1.00. The minimum atomic E-state index is 0.294. The van der Waals surface area contributed by atoms with Gasteiger partial charge in [-0.1, -0.05) is 13.8 Å². The second-order valence-corrected chi connectivity index (χ2v) is 5.25. The van der Waals surface area contributed by atoms with Crippen molar-refractivity contribution >= 4 is 0 Å². The molecule has 1 unspecified atom stereocenters. The van der Waals surface area contributed by atoms with Crippen LogP contribution in [-0.4, -0.2) is 22.7 Å². The smallest absolute Gasteiger partial charge is 0.131 e. The van der Waals surface area contributed by atoms with Crippen LogP contribution in [0.3, 0.4) is 0 Å². The molecule has 4 nitrogen and oxygen atoms in total. The van der Waals surface area contributed by atoms with E-state index in [9.17, 15) is 0 Å². The molecule has 0 bridgehead atoms. The highest BCUT2D eigenvalue weighted by Crippen LogP contribution is 2.19. The number of hydrogen-bond acceptors (Lipinski definition) is 4. The minimum Gasteiger partial charge on any atom is -0.378 e. The van der Waals surface area contributed by atoms with Gasteiger partial charge in [0.15, 0.2) is 0 Å². The first-order valence-electron chi connectivity index (χ1n) is 6.87. The van der Waals surface area contributed by atoms with Gasteiger partial charge in [0, 0.05) is 31.3 Å². The van der Waals surface area contributed by atoms with Crippen molar-refractivity contribution in [2.45, 2.75) is 58.1 Å². The molecule has 0 aromatic carbocycles. The quantitative estimate of drug-likeness (QED) is 0.888. The van der Waals surface area contributed by atoms with Crippen molar-refractivity contribution in [2.24, 2.45) is 5.73 Å². The monoisotopic (exact) mass is 249 g/mol. The molecular weight excluding hydrogens is 226 g/mol. The van der Waals surface area contributed by atoms with Crippen LogP contribution in [-0.2, 0) is 17.7 Å². The van der Waals surface area contributed by atoms with Gasteiger partial charge in [-0.3, -0.25) is 0 Å². The molecule has 0 spiro atoms. The van der Waals surface area contributed by atoms with E-state index >= 15 is 0 Å². The average Bonchev–Trinajstić information content (AvgIpc) is 2.40. The molecule has 2 N–H and O–H groups in total. The standard InChI is InChI=1S/C14H23N3O/c1-10(2)14-11(8-15)9-16-13(17-14)7-12-5-3-4-6-18-12/h9-10,12H,3-8,15H2,1-2H3. The highest BCUT2D eigenvalue weighted by Gasteiger charge is 2.17. The van der Waals surface area contributed by atoms with Gasteiger partial charge in [-0.25, -0.2) is 9.97 Å². The Bertz CT molecular complexity index is 387. The zero-order chi connectivity index (χ0) is 13.0. The van der Waals surface area contributed by atoms with E-state index < -0.39 is 0 Å². The molecule has 18 heavy (non-hydrogen) atoms. The van der Waals surface area contributed by atoms with Crippen molar-refractivity contribution < 1.29 is 4.74 Å². The molecule has 1 fully saturated rings. The van der Waals surface area contributed by atoms with Crippen molar-refractivity contribution in [1.29, 1.82) is 0 Å². The van der Waals surface area contributed by atoms with Crippen LogP contribution in [0.2, 0.25) is 0 Å². The summed E-state index contributed by atoms with van der Waals surface area (Å²) in [4.78, 5) is 9.08. The fourth-order valence-corrected chi connectivity index (χ4v) is 2.39. The molecular formula is C14H23N3O. The van der Waals surface area contributed by atoms with E-state index in [1.54, 1.807) is 0 Å². The summed E-state index contributed by atoms with van der Waals surface area (Å²) in [5.41, 5.74) is 7.85. The summed E-state index contributed by atoms with van der Waals surface area (Å²) in [6.07, 6.45) is 6.55. The topological polar surface area (TPSA) is 61.0 Å². The minimum absolute atomic E-state index is 0.294. The molecule has 0 saturated carbocycles. The van der Waals surface area contributed by atoms with Crippen LogP contribution in [0, 0.1) is 0 Å². The third kappa shape index (κ3) is 3.27. The lowest BCUT2D eigenvalue weighted by molar-refractivity contribution is 0.0156. The van der Waals surface area contributed by atoms with Crippen LogP contribution >= 0.6 is 0 Å². The Morgan fingerprint density at radius 2 is 2.28 bits per heavy atom. The lowest BCUT2D eigenvalue weighted by Crippen LogP contribution is -2.23. The van der Waals surface area contributed by atoms with Crippen LogP contribution < -0.4 is 5.73 Å². The molecule has 1 aliphatic heterocycles. The number of ether oxygens (including phenoxy) is 1. The van der Waals surface area contributed by atoms with E-state index in [2.05, 4.69) is 23.8 Å². The van der Waals surface area contributed by atoms with Gasteiger partial charge in [0.05, 0.1) is 11.8 Å². The molecule has 1 saturated heterocycles. The van der Waals surface area contributed by atoms with E-state index in [-0.39, 0.29) is 0 Å². The number of hydrogen-bond donors (Lipinski definition) is 1. The summed E-state index contributed by atoms with van der Waals surface area (Å²) in [6.45, 7) is 5.67. The molecule has 0 aliphatic carbocycles. The summed E-state index contributed by atoms with van der Waals surface area (Å²) in [6, 6.07) is 0.